The number of nitrogens with zero attached hydrogens (tertiary/aromatic N) is 2. The van der Waals surface area contributed by atoms with Gasteiger partial charge in [0.05, 0.1) is 18.6 Å². The third-order valence-corrected chi connectivity index (χ3v) is 6.49. The van der Waals surface area contributed by atoms with E-state index in [1.165, 1.54) is 8.61 Å². The van der Waals surface area contributed by atoms with Crippen molar-refractivity contribution in [3.8, 4) is 0 Å². The molecule has 3 aliphatic heterocycles. The van der Waals surface area contributed by atoms with E-state index in [2.05, 4.69) is 5.32 Å². The third-order valence-electron chi connectivity index (χ3n) is 4.54. The molecule has 0 radical (unpaired) electrons. The highest BCUT2D eigenvalue weighted by Gasteiger charge is 2.58. The second kappa shape index (κ2) is 4.92. The van der Waals surface area contributed by atoms with E-state index in [4.69, 9.17) is 4.74 Å². The van der Waals surface area contributed by atoms with E-state index in [0.717, 1.165) is 0 Å². The first kappa shape index (κ1) is 14.2. The minimum absolute atomic E-state index is 0.0552. The molecule has 3 aliphatic rings. The Labute approximate surface area is 117 Å². The van der Waals surface area contributed by atoms with Crippen LogP contribution < -0.4 is 5.32 Å². The van der Waals surface area contributed by atoms with E-state index >= 15 is 0 Å². The number of hydrogen-bond acceptors (Lipinski definition) is 5. The van der Waals surface area contributed by atoms with Gasteiger partial charge in [-0.15, -0.1) is 0 Å². The fraction of sp³-hybridized carbons (Fsp3) is 0.909. The van der Waals surface area contributed by atoms with Crippen LogP contribution >= 0.6 is 0 Å². The summed E-state index contributed by atoms with van der Waals surface area (Å²) in [6, 6.07) is 0. The summed E-state index contributed by atoms with van der Waals surface area (Å²) in [5.74, 6) is -1.07. The maximum atomic E-state index is 12.6. The second-order valence-electron chi connectivity index (χ2n) is 5.60. The van der Waals surface area contributed by atoms with E-state index in [1.54, 1.807) is 0 Å². The fourth-order valence-electron chi connectivity index (χ4n) is 3.29. The Morgan fingerprint density at radius 2 is 2.00 bits per heavy atom. The van der Waals surface area contributed by atoms with Crippen molar-refractivity contribution in [3.63, 3.8) is 0 Å². The standard InChI is InChI=1S/C11H19N3O5S/c15-10(16)11-7-12-5-9(11)6-14(8-11)20(17,18)13-1-3-19-4-2-13/h9,12H,1-8H2,(H,15,16). The summed E-state index contributed by atoms with van der Waals surface area (Å²) in [7, 11) is -3.58. The maximum absolute atomic E-state index is 12.6. The summed E-state index contributed by atoms with van der Waals surface area (Å²) in [4.78, 5) is 11.6. The summed E-state index contributed by atoms with van der Waals surface area (Å²) in [6.45, 7) is 2.68. The van der Waals surface area contributed by atoms with E-state index < -0.39 is 21.6 Å². The zero-order chi connectivity index (χ0) is 14.4. The van der Waals surface area contributed by atoms with Crippen LogP contribution in [0.3, 0.4) is 0 Å². The number of morpholine rings is 1. The van der Waals surface area contributed by atoms with Crippen LogP contribution in [0.15, 0.2) is 0 Å². The van der Waals surface area contributed by atoms with Gasteiger partial charge in [-0.1, -0.05) is 0 Å². The molecule has 2 atom stereocenters. The Morgan fingerprint density at radius 3 is 2.60 bits per heavy atom. The summed E-state index contributed by atoms with van der Waals surface area (Å²) < 4.78 is 33.0. The molecule has 8 nitrogen and oxygen atoms in total. The van der Waals surface area contributed by atoms with Gasteiger partial charge in [-0.3, -0.25) is 4.79 Å². The normalized spacial score (nSPS) is 36.1. The van der Waals surface area contributed by atoms with Gasteiger partial charge in [-0.05, 0) is 0 Å². The third kappa shape index (κ3) is 2.04. The summed E-state index contributed by atoms with van der Waals surface area (Å²) in [5, 5.41) is 12.5. The lowest BCUT2D eigenvalue weighted by Gasteiger charge is -2.30. The molecule has 2 N–H and O–H groups in total. The van der Waals surface area contributed by atoms with Crippen LogP contribution in [-0.2, 0) is 19.7 Å². The minimum atomic E-state index is -3.58. The van der Waals surface area contributed by atoms with Gasteiger partial charge in [0.25, 0.3) is 10.2 Å². The highest BCUT2D eigenvalue weighted by Crippen LogP contribution is 2.40. The van der Waals surface area contributed by atoms with Gasteiger partial charge in [-0.25, -0.2) is 0 Å². The zero-order valence-corrected chi connectivity index (χ0v) is 11.9. The van der Waals surface area contributed by atoms with Crippen molar-refractivity contribution in [2.45, 2.75) is 0 Å². The average Bonchev–Trinajstić information content (AvgIpc) is 2.97. The summed E-state index contributed by atoms with van der Waals surface area (Å²) >= 11 is 0. The number of nitrogens with one attached hydrogen (secondary N) is 1. The molecule has 9 heteroatoms. The topological polar surface area (TPSA) is 99.2 Å². The van der Waals surface area contributed by atoms with Crippen molar-refractivity contribution >= 4 is 16.2 Å². The summed E-state index contributed by atoms with van der Waals surface area (Å²) in [5.41, 5.74) is -0.973. The molecule has 3 heterocycles. The molecule has 3 rings (SSSR count). The first-order valence-electron chi connectivity index (χ1n) is 6.74. The van der Waals surface area contributed by atoms with Crippen LogP contribution in [0.4, 0.5) is 0 Å². The van der Waals surface area contributed by atoms with Crippen molar-refractivity contribution in [2.24, 2.45) is 11.3 Å². The molecule has 0 aromatic carbocycles. The average molecular weight is 305 g/mol. The SMILES string of the molecule is O=C(O)C12CNCC1CN(S(=O)(=O)N1CCOCC1)C2. The highest BCUT2D eigenvalue weighted by atomic mass is 32.2. The Balaban J connectivity index is 1.81. The van der Waals surface area contributed by atoms with Gasteiger partial charge in [0.1, 0.15) is 0 Å². The van der Waals surface area contributed by atoms with Gasteiger partial charge in [0.2, 0.25) is 0 Å². The van der Waals surface area contributed by atoms with Crippen molar-refractivity contribution in [1.29, 1.82) is 0 Å². The fourth-order valence-corrected chi connectivity index (χ4v) is 4.99. The van der Waals surface area contributed by atoms with Crippen molar-refractivity contribution in [2.75, 3.05) is 52.5 Å². The van der Waals surface area contributed by atoms with Crippen LogP contribution in [0.1, 0.15) is 0 Å². The van der Waals surface area contributed by atoms with Crippen molar-refractivity contribution < 1.29 is 23.1 Å². The lowest BCUT2D eigenvalue weighted by atomic mass is 9.81. The monoisotopic (exact) mass is 305 g/mol. The van der Waals surface area contributed by atoms with Crippen LogP contribution in [0.25, 0.3) is 0 Å². The van der Waals surface area contributed by atoms with Gasteiger partial charge in [-0.2, -0.15) is 17.0 Å². The highest BCUT2D eigenvalue weighted by molar-refractivity contribution is 7.86. The molecule has 0 aliphatic carbocycles. The Bertz CT molecular complexity index is 504. The van der Waals surface area contributed by atoms with E-state index in [0.29, 0.717) is 39.4 Å². The Kier molecular flexibility index (Phi) is 3.49. The number of carboxylic acids is 1. The number of rotatable bonds is 3. The lowest BCUT2D eigenvalue weighted by molar-refractivity contribution is -0.148. The lowest BCUT2D eigenvalue weighted by Crippen LogP contribution is -2.49. The summed E-state index contributed by atoms with van der Waals surface area (Å²) in [6.07, 6.45) is 0. The molecular formula is C11H19N3O5S. The molecule has 3 saturated heterocycles. The van der Waals surface area contributed by atoms with Gasteiger partial charge in [0, 0.05) is 45.2 Å². The van der Waals surface area contributed by atoms with E-state index in [-0.39, 0.29) is 19.0 Å². The first-order chi connectivity index (χ1) is 9.47. The van der Waals surface area contributed by atoms with E-state index in [1.807, 2.05) is 0 Å². The van der Waals surface area contributed by atoms with Crippen molar-refractivity contribution in [3.05, 3.63) is 0 Å². The molecule has 0 bridgehead atoms. The molecular weight excluding hydrogens is 286 g/mol. The molecule has 0 amide bonds. The molecule has 0 saturated carbocycles. The van der Waals surface area contributed by atoms with Crippen LogP contribution in [0.5, 0.6) is 0 Å². The minimum Gasteiger partial charge on any atom is -0.481 e. The zero-order valence-electron chi connectivity index (χ0n) is 11.1. The molecule has 114 valence electrons. The van der Waals surface area contributed by atoms with E-state index in [9.17, 15) is 18.3 Å². The number of carboxylic acid groups (broad SMARTS) is 1. The molecule has 2 unspecified atom stereocenters. The van der Waals surface area contributed by atoms with Crippen molar-refractivity contribution in [1.82, 2.24) is 13.9 Å². The predicted molar refractivity (Wildman–Crippen MR) is 69.3 cm³/mol. The number of ether oxygens (including phenoxy) is 1. The second-order valence-corrected chi connectivity index (χ2v) is 7.53. The number of aliphatic carboxylic acids is 1. The molecule has 3 fully saturated rings. The largest absolute Gasteiger partial charge is 0.481 e. The smallest absolute Gasteiger partial charge is 0.312 e. The molecule has 0 aromatic rings. The molecule has 20 heavy (non-hydrogen) atoms. The number of carbonyl (C=O) groups is 1. The van der Waals surface area contributed by atoms with Gasteiger partial charge in [0.15, 0.2) is 0 Å². The quantitative estimate of drug-likeness (QED) is 0.636. The van der Waals surface area contributed by atoms with Gasteiger partial charge < -0.3 is 15.2 Å². The molecule has 0 aromatic heterocycles. The number of fused-ring (bicyclic) bond motifs is 1. The van der Waals surface area contributed by atoms with Gasteiger partial charge >= 0.3 is 5.97 Å². The first-order valence-corrected chi connectivity index (χ1v) is 8.13. The van der Waals surface area contributed by atoms with Crippen LogP contribution in [0.2, 0.25) is 0 Å². The van der Waals surface area contributed by atoms with Crippen LogP contribution in [0, 0.1) is 11.3 Å². The Hall–Kier alpha value is -0.740. The maximum Gasteiger partial charge on any atom is 0.312 e. The molecule has 0 spiro atoms. The van der Waals surface area contributed by atoms with Crippen LogP contribution in [-0.4, -0.2) is 80.6 Å². The Morgan fingerprint density at radius 1 is 1.30 bits per heavy atom. The predicted octanol–water partition coefficient (Wildman–Crippen LogP) is -1.83. The number of hydrogen-bond donors (Lipinski definition) is 2.